The second kappa shape index (κ2) is 7.28. The summed E-state index contributed by atoms with van der Waals surface area (Å²) >= 11 is 5.93. The van der Waals surface area contributed by atoms with E-state index < -0.39 is 0 Å². The molecule has 1 aliphatic carbocycles. The first kappa shape index (κ1) is 18.5. The maximum absolute atomic E-state index is 12.0. The lowest BCUT2D eigenvalue weighted by atomic mass is 9.96. The Morgan fingerprint density at radius 3 is 2.85 bits per heavy atom. The molecule has 27 heavy (non-hydrogen) atoms. The molecule has 0 bridgehead atoms. The number of aromatic nitrogens is 1. The molecular formula is C19H26ClN5O2. The van der Waals surface area contributed by atoms with Crippen LogP contribution < -0.4 is 0 Å². The van der Waals surface area contributed by atoms with Gasteiger partial charge in [-0.1, -0.05) is 24.1 Å². The molecule has 0 radical (unpaired) electrons. The molecule has 2 fully saturated rings. The van der Waals surface area contributed by atoms with Crippen molar-refractivity contribution < 1.29 is 4.92 Å². The standard InChI is InChI=1S/C19H26ClN5O2/c1-13(2)22-11-17(25(26)27)19-23(12-22)10-15-4-3-5-16(15)24(19)9-14-6-7-18(20)21-8-14/h6-8,13,15-16H,3-5,9-12H2,1-2H3. The van der Waals surface area contributed by atoms with E-state index in [0.717, 1.165) is 31.0 Å². The molecular weight excluding hydrogens is 366 g/mol. The van der Waals surface area contributed by atoms with E-state index >= 15 is 0 Å². The Morgan fingerprint density at radius 2 is 2.19 bits per heavy atom. The van der Waals surface area contributed by atoms with Crippen LogP contribution in [-0.2, 0) is 6.54 Å². The van der Waals surface area contributed by atoms with Gasteiger partial charge in [-0.25, -0.2) is 4.98 Å². The van der Waals surface area contributed by atoms with E-state index in [4.69, 9.17) is 11.6 Å². The van der Waals surface area contributed by atoms with Crippen LogP contribution in [0.1, 0.15) is 38.7 Å². The minimum Gasteiger partial charge on any atom is -0.345 e. The highest BCUT2D eigenvalue weighted by molar-refractivity contribution is 6.29. The molecule has 3 aliphatic rings. The zero-order valence-corrected chi connectivity index (χ0v) is 16.6. The summed E-state index contributed by atoms with van der Waals surface area (Å²) in [7, 11) is 0. The third kappa shape index (κ3) is 3.50. The van der Waals surface area contributed by atoms with E-state index in [1.807, 2.05) is 6.07 Å². The van der Waals surface area contributed by atoms with Crippen LogP contribution >= 0.6 is 11.6 Å². The topological polar surface area (TPSA) is 65.8 Å². The zero-order chi connectivity index (χ0) is 19.1. The van der Waals surface area contributed by atoms with E-state index in [-0.39, 0.29) is 11.0 Å². The van der Waals surface area contributed by atoms with Gasteiger partial charge >= 0.3 is 0 Å². The summed E-state index contributed by atoms with van der Waals surface area (Å²) in [4.78, 5) is 22.7. The van der Waals surface area contributed by atoms with Gasteiger partial charge in [-0.05, 0) is 44.2 Å². The Balaban J connectivity index is 1.74. The molecule has 0 N–H and O–H groups in total. The molecule has 0 aromatic carbocycles. The highest BCUT2D eigenvalue weighted by atomic mass is 35.5. The van der Waals surface area contributed by atoms with Crippen LogP contribution in [0.5, 0.6) is 0 Å². The maximum atomic E-state index is 12.0. The summed E-state index contributed by atoms with van der Waals surface area (Å²) in [5.74, 6) is 1.38. The molecule has 3 heterocycles. The van der Waals surface area contributed by atoms with Crippen LogP contribution in [0.25, 0.3) is 0 Å². The van der Waals surface area contributed by atoms with Gasteiger partial charge in [-0.2, -0.15) is 0 Å². The molecule has 8 heteroatoms. The van der Waals surface area contributed by atoms with Crippen molar-refractivity contribution in [2.75, 3.05) is 19.8 Å². The van der Waals surface area contributed by atoms with E-state index in [1.54, 1.807) is 12.3 Å². The quantitative estimate of drug-likeness (QED) is 0.446. The fourth-order valence-electron chi connectivity index (χ4n) is 4.73. The number of rotatable bonds is 4. The van der Waals surface area contributed by atoms with Crippen LogP contribution in [-0.4, -0.2) is 56.4 Å². The SMILES string of the molecule is CC(C)N1CC([N+](=O)[O-])=C2N(CC3CCCC3N2Cc2ccc(Cl)nc2)C1. The second-order valence-electron chi connectivity index (χ2n) is 8.11. The van der Waals surface area contributed by atoms with Crippen molar-refractivity contribution in [1.29, 1.82) is 0 Å². The average molecular weight is 392 g/mol. The molecule has 2 unspecified atom stereocenters. The van der Waals surface area contributed by atoms with Crippen molar-refractivity contribution in [3.05, 3.63) is 50.7 Å². The smallest absolute Gasteiger partial charge is 0.300 e. The van der Waals surface area contributed by atoms with Gasteiger partial charge in [0.25, 0.3) is 5.70 Å². The molecule has 2 aliphatic heterocycles. The van der Waals surface area contributed by atoms with Crippen LogP contribution in [0.3, 0.4) is 0 Å². The van der Waals surface area contributed by atoms with Gasteiger partial charge in [0.05, 0.1) is 18.1 Å². The van der Waals surface area contributed by atoms with Crippen molar-refractivity contribution in [3.8, 4) is 0 Å². The number of halogens is 1. The van der Waals surface area contributed by atoms with Crippen LogP contribution in [0, 0.1) is 16.0 Å². The summed E-state index contributed by atoms with van der Waals surface area (Å²) in [6, 6.07) is 4.40. The van der Waals surface area contributed by atoms with Crippen molar-refractivity contribution in [2.24, 2.45) is 5.92 Å². The van der Waals surface area contributed by atoms with E-state index in [9.17, 15) is 10.1 Å². The minimum absolute atomic E-state index is 0.181. The third-order valence-corrected chi connectivity index (χ3v) is 6.32. The largest absolute Gasteiger partial charge is 0.345 e. The van der Waals surface area contributed by atoms with E-state index in [2.05, 4.69) is 33.5 Å². The first-order valence-corrected chi connectivity index (χ1v) is 10.1. The lowest BCUT2D eigenvalue weighted by Gasteiger charge is -2.50. The van der Waals surface area contributed by atoms with Crippen molar-refractivity contribution in [2.45, 2.75) is 51.7 Å². The molecule has 1 saturated carbocycles. The normalized spacial score (nSPS) is 25.8. The minimum atomic E-state index is -0.181. The predicted octanol–water partition coefficient (Wildman–Crippen LogP) is 3.15. The lowest BCUT2D eigenvalue weighted by Crippen LogP contribution is -2.59. The molecule has 7 nitrogen and oxygen atoms in total. The Hall–Kier alpha value is -1.86. The highest BCUT2D eigenvalue weighted by Gasteiger charge is 2.46. The van der Waals surface area contributed by atoms with Gasteiger partial charge in [0.2, 0.25) is 0 Å². The van der Waals surface area contributed by atoms with E-state index in [1.165, 1.54) is 12.8 Å². The fourth-order valence-corrected chi connectivity index (χ4v) is 4.84. The van der Waals surface area contributed by atoms with Gasteiger partial charge < -0.3 is 9.80 Å². The summed E-state index contributed by atoms with van der Waals surface area (Å²) < 4.78 is 0. The van der Waals surface area contributed by atoms with Crippen molar-refractivity contribution in [1.82, 2.24) is 19.7 Å². The van der Waals surface area contributed by atoms with Gasteiger partial charge in [-0.15, -0.1) is 0 Å². The maximum Gasteiger partial charge on any atom is 0.300 e. The fraction of sp³-hybridized carbons (Fsp3) is 0.632. The van der Waals surface area contributed by atoms with Crippen LogP contribution in [0.2, 0.25) is 5.15 Å². The highest BCUT2D eigenvalue weighted by Crippen LogP contribution is 2.41. The summed E-state index contributed by atoms with van der Waals surface area (Å²) in [6.45, 7) is 6.89. The molecule has 1 aromatic heterocycles. The van der Waals surface area contributed by atoms with Gasteiger partial charge in [-0.3, -0.25) is 15.0 Å². The van der Waals surface area contributed by atoms with Gasteiger partial charge in [0.15, 0.2) is 5.82 Å². The number of nitro groups is 1. The Kier molecular flexibility index (Phi) is 4.99. The number of fused-ring (bicyclic) bond motifs is 2. The summed E-state index contributed by atoms with van der Waals surface area (Å²) in [6.07, 6.45) is 5.26. The molecule has 0 spiro atoms. The number of pyridine rings is 1. The van der Waals surface area contributed by atoms with Crippen LogP contribution in [0.4, 0.5) is 0 Å². The number of nitrogens with zero attached hydrogens (tertiary/aromatic N) is 5. The van der Waals surface area contributed by atoms with Crippen molar-refractivity contribution >= 4 is 11.6 Å². The number of hydrogen-bond donors (Lipinski definition) is 0. The van der Waals surface area contributed by atoms with Gasteiger partial charge in [0.1, 0.15) is 5.15 Å². The summed E-state index contributed by atoms with van der Waals surface area (Å²) in [5.41, 5.74) is 1.36. The first-order valence-electron chi connectivity index (χ1n) is 9.67. The Bertz CT molecular complexity index is 751. The molecule has 146 valence electrons. The number of hydrogen-bond acceptors (Lipinski definition) is 6. The zero-order valence-electron chi connectivity index (χ0n) is 15.8. The van der Waals surface area contributed by atoms with E-state index in [0.29, 0.717) is 35.9 Å². The predicted molar refractivity (Wildman–Crippen MR) is 103 cm³/mol. The monoisotopic (exact) mass is 391 g/mol. The second-order valence-corrected chi connectivity index (χ2v) is 8.49. The summed E-state index contributed by atoms with van der Waals surface area (Å²) in [5, 5.41) is 12.4. The van der Waals surface area contributed by atoms with Gasteiger partial charge in [0, 0.05) is 31.4 Å². The molecule has 0 amide bonds. The molecule has 1 aromatic rings. The van der Waals surface area contributed by atoms with Crippen molar-refractivity contribution in [3.63, 3.8) is 0 Å². The molecule has 4 rings (SSSR count). The molecule has 1 saturated heterocycles. The molecule has 2 atom stereocenters. The lowest BCUT2D eigenvalue weighted by molar-refractivity contribution is -0.434. The Morgan fingerprint density at radius 1 is 1.37 bits per heavy atom. The average Bonchev–Trinajstić information content (AvgIpc) is 3.10. The third-order valence-electron chi connectivity index (χ3n) is 6.10. The Labute approximate surface area is 164 Å². The first-order chi connectivity index (χ1) is 12.9. The van der Waals surface area contributed by atoms with Crippen LogP contribution in [0.15, 0.2) is 29.8 Å².